The highest BCUT2D eigenvalue weighted by Crippen LogP contribution is 2.24. The topological polar surface area (TPSA) is 47.5 Å². The fourth-order valence-electron chi connectivity index (χ4n) is 2.60. The average Bonchev–Trinajstić information content (AvgIpc) is 2.56. The van der Waals surface area contributed by atoms with E-state index >= 15 is 0 Å². The van der Waals surface area contributed by atoms with Crippen LogP contribution >= 0.6 is 0 Å². The van der Waals surface area contributed by atoms with Crippen LogP contribution < -0.4 is 4.74 Å². The largest absolute Gasteiger partial charge is 0.480 e. The van der Waals surface area contributed by atoms with Crippen molar-refractivity contribution in [3.63, 3.8) is 0 Å². The molecule has 0 spiro atoms. The molecule has 2 aromatic rings. The summed E-state index contributed by atoms with van der Waals surface area (Å²) in [6, 6.07) is 6.56. The van der Waals surface area contributed by atoms with Crippen molar-refractivity contribution in [2.24, 2.45) is 0 Å². The highest BCUT2D eigenvalue weighted by Gasteiger charge is 2.23. The standard InChI is InChI=1S/C16H18FN3O2/c1-21-16-14(18-5-6-19-16)10-20-7-8-22-15(11-20)12-3-2-4-13(17)9-12/h2-6,9,15H,7-8,10-11H2,1H3. The van der Waals surface area contributed by atoms with Gasteiger partial charge < -0.3 is 9.47 Å². The molecule has 1 unspecified atom stereocenters. The molecule has 0 radical (unpaired) electrons. The highest BCUT2D eigenvalue weighted by molar-refractivity contribution is 5.20. The molecule has 6 heteroatoms. The molecule has 1 fully saturated rings. The van der Waals surface area contributed by atoms with Crippen LogP contribution in [-0.2, 0) is 11.3 Å². The Balaban J connectivity index is 1.70. The van der Waals surface area contributed by atoms with E-state index < -0.39 is 0 Å². The molecular formula is C16H18FN3O2. The van der Waals surface area contributed by atoms with E-state index in [1.54, 1.807) is 25.6 Å². The van der Waals surface area contributed by atoms with E-state index in [1.165, 1.54) is 12.1 Å². The summed E-state index contributed by atoms with van der Waals surface area (Å²) < 4.78 is 24.4. The first-order valence-electron chi connectivity index (χ1n) is 7.19. The first kappa shape index (κ1) is 14.9. The first-order chi connectivity index (χ1) is 10.8. The van der Waals surface area contributed by atoms with Gasteiger partial charge in [0, 0.05) is 32.0 Å². The molecule has 2 heterocycles. The van der Waals surface area contributed by atoms with Crippen LogP contribution in [0.2, 0.25) is 0 Å². The maximum atomic E-state index is 13.4. The van der Waals surface area contributed by atoms with Crippen molar-refractivity contribution in [2.75, 3.05) is 26.8 Å². The van der Waals surface area contributed by atoms with Crippen LogP contribution in [0.15, 0.2) is 36.7 Å². The third kappa shape index (κ3) is 3.40. The lowest BCUT2D eigenvalue weighted by Gasteiger charge is -2.33. The Hall–Kier alpha value is -2.05. The van der Waals surface area contributed by atoms with Gasteiger partial charge in [-0.3, -0.25) is 9.88 Å². The van der Waals surface area contributed by atoms with Gasteiger partial charge in [0.25, 0.3) is 0 Å². The van der Waals surface area contributed by atoms with Crippen molar-refractivity contribution in [3.8, 4) is 5.88 Å². The maximum Gasteiger partial charge on any atom is 0.236 e. The zero-order valence-corrected chi connectivity index (χ0v) is 12.4. The number of rotatable bonds is 4. The molecule has 0 saturated carbocycles. The van der Waals surface area contributed by atoms with E-state index in [1.807, 2.05) is 6.07 Å². The minimum atomic E-state index is -0.242. The molecule has 0 amide bonds. The van der Waals surface area contributed by atoms with Gasteiger partial charge in [-0.2, -0.15) is 0 Å². The molecule has 0 aliphatic carbocycles. The number of aromatic nitrogens is 2. The van der Waals surface area contributed by atoms with Crippen LogP contribution in [0.4, 0.5) is 4.39 Å². The smallest absolute Gasteiger partial charge is 0.236 e. The fraction of sp³-hybridized carbons (Fsp3) is 0.375. The number of morpholine rings is 1. The van der Waals surface area contributed by atoms with Crippen molar-refractivity contribution >= 4 is 0 Å². The van der Waals surface area contributed by atoms with E-state index in [2.05, 4.69) is 14.9 Å². The molecule has 0 bridgehead atoms. The molecule has 22 heavy (non-hydrogen) atoms. The van der Waals surface area contributed by atoms with Crippen LogP contribution in [0.1, 0.15) is 17.4 Å². The Kier molecular flexibility index (Phi) is 4.60. The Morgan fingerprint density at radius 2 is 2.23 bits per heavy atom. The van der Waals surface area contributed by atoms with Crippen LogP contribution in [0.3, 0.4) is 0 Å². The quantitative estimate of drug-likeness (QED) is 0.866. The number of hydrogen-bond acceptors (Lipinski definition) is 5. The van der Waals surface area contributed by atoms with E-state index in [-0.39, 0.29) is 11.9 Å². The van der Waals surface area contributed by atoms with Gasteiger partial charge in [-0.15, -0.1) is 0 Å². The lowest BCUT2D eigenvalue weighted by molar-refractivity contribution is -0.0336. The van der Waals surface area contributed by atoms with Gasteiger partial charge in [0.2, 0.25) is 5.88 Å². The molecule has 1 saturated heterocycles. The van der Waals surface area contributed by atoms with Crippen LogP contribution in [0.25, 0.3) is 0 Å². The third-order valence-corrected chi connectivity index (χ3v) is 3.67. The lowest BCUT2D eigenvalue weighted by atomic mass is 10.1. The number of methoxy groups -OCH3 is 1. The van der Waals surface area contributed by atoms with E-state index in [0.717, 1.165) is 17.8 Å². The molecule has 3 rings (SSSR count). The second-order valence-corrected chi connectivity index (χ2v) is 5.16. The normalized spacial score (nSPS) is 19.1. The second-order valence-electron chi connectivity index (χ2n) is 5.16. The lowest BCUT2D eigenvalue weighted by Crippen LogP contribution is -2.38. The van der Waals surface area contributed by atoms with Crippen LogP contribution in [-0.4, -0.2) is 41.7 Å². The molecule has 0 N–H and O–H groups in total. The van der Waals surface area contributed by atoms with Crippen LogP contribution in [0, 0.1) is 5.82 Å². The summed E-state index contributed by atoms with van der Waals surface area (Å²) in [5.41, 5.74) is 1.65. The SMILES string of the molecule is COc1nccnc1CN1CCOC(c2cccc(F)c2)C1. The van der Waals surface area contributed by atoms with Crippen molar-refractivity contribution in [3.05, 3.63) is 53.7 Å². The van der Waals surface area contributed by atoms with Crippen molar-refractivity contribution in [1.82, 2.24) is 14.9 Å². The molecular weight excluding hydrogens is 285 g/mol. The van der Waals surface area contributed by atoms with Gasteiger partial charge in [0.15, 0.2) is 0 Å². The minimum absolute atomic E-state index is 0.132. The highest BCUT2D eigenvalue weighted by atomic mass is 19.1. The van der Waals surface area contributed by atoms with Gasteiger partial charge >= 0.3 is 0 Å². The van der Waals surface area contributed by atoms with Gasteiger partial charge in [-0.05, 0) is 17.7 Å². The number of hydrogen-bond donors (Lipinski definition) is 0. The monoisotopic (exact) mass is 303 g/mol. The summed E-state index contributed by atoms with van der Waals surface area (Å²) in [7, 11) is 1.59. The van der Waals surface area contributed by atoms with Gasteiger partial charge in [-0.25, -0.2) is 9.37 Å². The average molecular weight is 303 g/mol. The van der Waals surface area contributed by atoms with Crippen molar-refractivity contribution < 1.29 is 13.9 Å². The van der Waals surface area contributed by atoms with Crippen molar-refractivity contribution in [2.45, 2.75) is 12.6 Å². The summed E-state index contributed by atoms with van der Waals surface area (Å²) in [5, 5.41) is 0. The maximum absolute atomic E-state index is 13.4. The molecule has 1 atom stereocenters. The van der Waals surface area contributed by atoms with E-state index in [9.17, 15) is 4.39 Å². The minimum Gasteiger partial charge on any atom is -0.480 e. The second kappa shape index (κ2) is 6.81. The number of halogens is 1. The zero-order chi connectivity index (χ0) is 15.4. The van der Waals surface area contributed by atoms with Gasteiger partial charge in [-0.1, -0.05) is 12.1 Å². The van der Waals surface area contributed by atoms with E-state index in [4.69, 9.17) is 9.47 Å². The molecule has 1 aromatic carbocycles. The fourth-order valence-corrected chi connectivity index (χ4v) is 2.60. The predicted octanol–water partition coefficient (Wildman–Crippen LogP) is 2.20. The Morgan fingerprint density at radius 1 is 1.36 bits per heavy atom. The Labute approximate surface area is 128 Å². The Bertz CT molecular complexity index is 638. The molecule has 1 aliphatic heterocycles. The Morgan fingerprint density at radius 3 is 3.05 bits per heavy atom. The first-order valence-corrected chi connectivity index (χ1v) is 7.19. The predicted molar refractivity (Wildman–Crippen MR) is 79.0 cm³/mol. The number of nitrogens with zero attached hydrogens (tertiary/aromatic N) is 3. The third-order valence-electron chi connectivity index (χ3n) is 3.67. The summed E-state index contributed by atoms with van der Waals surface area (Å²) in [6.07, 6.45) is 3.13. The van der Waals surface area contributed by atoms with Gasteiger partial charge in [0.1, 0.15) is 11.5 Å². The molecule has 1 aromatic heterocycles. The summed E-state index contributed by atoms with van der Waals surface area (Å²) in [6.45, 7) is 2.71. The molecule has 1 aliphatic rings. The number of ether oxygens (including phenoxy) is 2. The molecule has 116 valence electrons. The summed E-state index contributed by atoms with van der Waals surface area (Å²) >= 11 is 0. The van der Waals surface area contributed by atoms with E-state index in [0.29, 0.717) is 25.6 Å². The molecule has 5 nitrogen and oxygen atoms in total. The summed E-state index contributed by atoms with van der Waals surface area (Å²) in [5.74, 6) is 0.296. The van der Waals surface area contributed by atoms with Crippen LogP contribution in [0.5, 0.6) is 5.88 Å². The summed E-state index contributed by atoms with van der Waals surface area (Å²) in [4.78, 5) is 10.7. The van der Waals surface area contributed by atoms with Gasteiger partial charge in [0.05, 0.1) is 19.8 Å². The zero-order valence-electron chi connectivity index (χ0n) is 12.4. The number of benzene rings is 1. The van der Waals surface area contributed by atoms with Crippen molar-refractivity contribution in [1.29, 1.82) is 0 Å².